The van der Waals surface area contributed by atoms with Crippen molar-refractivity contribution in [3.63, 3.8) is 0 Å². The van der Waals surface area contributed by atoms with Crippen LogP contribution in [0.3, 0.4) is 0 Å². The molecule has 1 aliphatic rings. The first-order valence-electron chi connectivity index (χ1n) is 7.80. The summed E-state index contributed by atoms with van der Waals surface area (Å²) in [4.78, 5) is 0. The third kappa shape index (κ3) is 3.09. The van der Waals surface area contributed by atoms with Crippen molar-refractivity contribution in [2.24, 2.45) is 0 Å². The molecule has 1 aromatic rings. The molecule has 0 saturated carbocycles. The highest BCUT2D eigenvalue weighted by Gasteiger charge is 2.31. The first-order valence-corrected chi connectivity index (χ1v) is 7.80. The predicted molar refractivity (Wildman–Crippen MR) is 82.9 cm³/mol. The Bertz CT molecular complexity index is 414. The largest absolute Gasteiger partial charge is 0.486 e. The van der Waals surface area contributed by atoms with E-state index in [1.54, 1.807) is 0 Å². The molecular formula is C17H27NO2. The van der Waals surface area contributed by atoms with Gasteiger partial charge in [-0.1, -0.05) is 32.8 Å². The van der Waals surface area contributed by atoms with Crippen LogP contribution in [0.4, 0.5) is 0 Å². The summed E-state index contributed by atoms with van der Waals surface area (Å²) < 4.78 is 11.4. The minimum Gasteiger partial charge on any atom is -0.486 e. The van der Waals surface area contributed by atoms with Crippen LogP contribution in [0.5, 0.6) is 11.5 Å². The van der Waals surface area contributed by atoms with Crippen molar-refractivity contribution < 1.29 is 9.47 Å². The number of hydrogen-bond donors (Lipinski definition) is 1. The minimum atomic E-state index is 0.202. The molecule has 2 rings (SSSR count). The van der Waals surface area contributed by atoms with Gasteiger partial charge < -0.3 is 14.8 Å². The molecule has 3 nitrogen and oxygen atoms in total. The average Bonchev–Trinajstić information content (AvgIpc) is 2.47. The molecular weight excluding hydrogens is 250 g/mol. The molecule has 112 valence electrons. The molecule has 1 N–H and O–H groups in total. The number of rotatable bonds is 7. The van der Waals surface area contributed by atoms with Gasteiger partial charge >= 0.3 is 0 Å². The van der Waals surface area contributed by atoms with E-state index in [9.17, 15) is 0 Å². The molecule has 0 radical (unpaired) electrons. The summed E-state index contributed by atoms with van der Waals surface area (Å²) in [6.45, 7) is 6.83. The van der Waals surface area contributed by atoms with Crippen LogP contribution in [-0.4, -0.2) is 26.8 Å². The van der Waals surface area contributed by atoms with E-state index in [0.29, 0.717) is 13.2 Å². The van der Waals surface area contributed by atoms with E-state index in [2.05, 4.69) is 37.4 Å². The molecule has 0 fully saturated rings. The normalized spacial score (nSPS) is 14.3. The van der Waals surface area contributed by atoms with E-state index in [0.717, 1.165) is 18.0 Å². The Kier molecular flexibility index (Phi) is 5.30. The Balaban J connectivity index is 2.36. The standard InChI is InChI=1S/C17H27NO2/c1-4-8-17(9-5-2,13-18-3)14-6-7-15-16(12-14)20-11-10-19-15/h6-7,12,18H,4-5,8-11,13H2,1-3H3. The lowest BCUT2D eigenvalue weighted by Crippen LogP contribution is -2.37. The van der Waals surface area contributed by atoms with Gasteiger partial charge in [0.15, 0.2) is 11.5 Å². The first-order chi connectivity index (χ1) is 9.75. The van der Waals surface area contributed by atoms with Crippen LogP contribution >= 0.6 is 0 Å². The zero-order valence-electron chi connectivity index (χ0n) is 13.0. The molecule has 0 unspecified atom stereocenters. The van der Waals surface area contributed by atoms with Crippen molar-refractivity contribution in [1.29, 1.82) is 0 Å². The summed E-state index contributed by atoms with van der Waals surface area (Å²) in [5.41, 5.74) is 1.58. The lowest BCUT2D eigenvalue weighted by molar-refractivity contribution is 0.171. The average molecular weight is 277 g/mol. The van der Waals surface area contributed by atoms with E-state index < -0.39 is 0 Å². The van der Waals surface area contributed by atoms with Gasteiger partial charge in [0.25, 0.3) is 0 Å². The first kappa shape index (κ1) is 15.2. The Morgan fingerprint density at radius 2 is 1.70 bits per heavy atom. The molecule has 1 aromatic carbocycles. The van der Waals surface area contributed by atoms with Gasteiger partial charge in [-0.25, -0.2) is 0 Å². The van der Waals surface area contributed by atoms with Crippen molar-refractivity contribution in [2.45, 2.75) is 44.9 Å². The van der Waals surface area contributed by atoms with Crippen LogP contribution in [0.15, 0.2) is 18.2 Å². The van der Waals surface area contributed by atoms with Gasteiger partial charge in [0.05, 0.1) is 0 Å². The molecule has 0 aromatic heterocycles. The smallest absolute Gasteiger partial charge is 0.161 e. The monoisotopic (exact) mass is 277 g/mol. The van der Waals surface area contributed by atoms with Crippen LogP contribution in [0.2, 0.25) is 0 Å². The van der Waals surface area contributed by atoms with Crippen LogP contribution in [0, 0.1) is 0 Å². The quantitative estimate of drug-likeness (QED) is 0.827. The maximum Gasteiger partial charge on any atom is 0.161 e. The van der Waals surface area contributed by atoms with Gasteiger partial charge in [0.2, 0.25) is 0 Å². The summed E-state index contributed by atoms with van der Waals surface area (Å²) >= 11 is 0. The maximum absolute atomic E-state index is 5.75. The molecule has 0 spiro atoms. The summed E-state index contributed by atoms with van der Waals surface area (Å²) in [6, 6.07) is 6.48. The maximum atomic E-state index is 5.75. The van der Waals surface area contributed by atoms with Crippen molar-refractivity contribution in [3.05, 3.63) is 23.8 Å². The van der Waals surface area contributed by atoms with Gasteiger partial charge in [0.1, 0.15) is 13.2 Å². The van der Waals surface area contributed by atoms with E-state index in [1.807, 2.05) is 7.05 Å². The van der Waals surface area contributed by atoms with Gasteiger partial charge in [-0.2, -0.15) is 0 Å². The molecule has 20 heavy (non-hydrogen) atoms. The van der Waals surface area contributed by atoms with Crippen molar-refractivity contribution in [1.82, 2.24) is 5.32 Å². The Morgan fingerprint density at radius 1 is 1.05 bits per heavy atom. The second kappa shape index (κ2) is 6.98. The highest BCUT2D eigenvalue weighted by atomic mass is 16.6. The lowest BCUT2D eigenvalue weighted by atomic mass is 9.73. The molecule has 0 saturated heterocycles. The fourth-order valence-corrected chi connectivity index (χ4v) is 3.36. The SMILES string of the molecule is CCCC(CCC)(CNC)c1ccc2c(c1)OCCO2. The molecule has 0 amide bonds. The van der Waals surface area contributed by atoms with E-state index in [1.165, 1.54) is 31.2 Å². The Morgan fingerprint density at radius 3 is 2.30 bits per heavy atom. The number of nitrogens with one attached hydrogen (secondary N) is 1. The van der Waals surface area contributed by atoms with Crippen molar-refractivity contribution in [2.75, 3.05) is 26.8 Å². The summed E-state index contributed by atoms with van der Waals surface area (Å²) in [5.74, 6) is 1.78. The van der Waals surface area contributed by atoms with Gasteiger partial charge in [-0.15, -0.1) is 0 Å². The Labute approximate surface area is 122 Å². The zero-order chi connectivity index (χ0) is 14.4. The number of ether oxygens (including phenoxy) is 2. The third-order valence-corrected chi connectivity index (χ3v) is 4.13. The second-order valence-electron chi connectivity index (χ2n) is 5.67. The number of fused-ring (bicyclic) bond motifs is 1. The molecule has 0 bridgehead atoms. The zero-order valence-corrected chi connectivity index (χ0v) is 13.0. The fraction of sp³-hybridized carbons (Fsp3) is 0.647. The highest BCUT2D eigenvalue weighted by Crippen LogP contribution is 2.39. The summed E-state index contributed by atoms with van der Waals surface area (Å²) in [7, 11) is 2.04. The van der Waals surface area contributed by atoms with E-state index >= 15 is 0 Å². The second-order valence-corrected chi connectivity index (χ2v) is 5.67. The van der Waals surface area contributed by atoms with Crippen molar-refractivity contribution >= 4 is 0 Å². The third-order valence-electron chi connectivity index (χ3n) is 4.13. The van der Waals surface area contributed by atoms with Gasteiger partial charge in [0, 0.05) is 12.0 Å². The number of hydrogen-bond acceptors (Lipinski definition) is 3. The molecule has 1 heterocycles. The van der Waals surface area contributed by atoms with Gasteiger partial charge in [-0.05, 0) is 37.6 Å². The molecule has 1 aliphatic heterocycles. The van der Waals surface area contributed by atoms with Crippen molar-refractivity contribution in [3.8, 4) is 11.5 Å². The van der Waals surface area contributed by atoms with Crippen LogP contribution < -0.4 is 14.8 Å². The van der Waals surface area contributed by atoms with E-state index in [-0.39, 0.29) is 5.41 Å². The molecule has 3 heteroatoms. The van der Waals surface area contributed by atoms with E-state index in [4.69, 9.17) is 9.47 Å². The minimum absolute atomic E-state index is 0.202. The lowest BCUT2D eigenvalue weighted by Gasteiger charge is -2.35. The van der Waals surface area contributed by atoms with Crippen LogP contribution in [0.25, 0.3) is 0 Å². The Hall–Kier alpha value is -1.22. The summed E-state index contributed by atoms with van der Waals surface area (Å²) in [6.07, 6.45) is 4.77. The predicted octanol–water partition coefficient (Wildman–Crippen LogP) is 3.52. The topological polar surface area (TPSA) is 30.5 Å². The van der Waals surface area contributed by atoms with Crippen LogP contribution in [-0.2, 0) is 5.41 Å². The number of benzene rings is 1. The molecule has 0 atom stereocenters. The highest BCUT2D eigenvalue weighted by molar-refractivity contribution is 5.46. The molecule has 0 aliphatic carbocycles. The summed E-state index contributed by atoms with van der Waals surface area (Å²) in [5, 5.41) is 3.38. The van der Waals surface area contributed by atoms with Gasteiger partial charge in [-0.3, -0.25) is 0 Å². The number of likely N-dealkylation sites (N-methyl/N-ethyl adjacent to an activating group) is 1. The van der Waals surface area contributed by atoms with Crippen LogP contribution in [0.1, 0.15) is 45.1 Å². The fourth-order valence-electron chi connectivity index (χ4n) is 3.36.